The Kier molecular flexibility index (Phi) is 13.9. The van der Waals surface area contributed by atoms with Crippen molar-refractivity contribution in [2.75, 3.05) is 65.8 Å². The Morgan fingerprint density at radius 3 is 1.36 bits per heavy atom. The van der Waals surface area contributed by atoms with E-state index in [1.807, 2.05) is 12.4 Å². The van der Waals surface area contributed by atoms with E-state index in [2.05, 4.69) is 30.4 Å². The molecule has 0 radical (unpaired) electrons. The van der Waals surface area contributed by atoms with E-state index < -0.39 is 11.6 Å². The second-order valence-corrected chi connectivity index (χ2v) is 15.7. The van der Waals surface area contributed by atoms with Crippen LogP contribution in [0.25, 0.3) is 44.6 Å². The second-order valence-electron chi connectivity index (χ2n) is 15.7. The van der Waals surface area contributed by atoms with E-state index in [1.54, 1.807) is 57.9 Å². The van der Waals surface area contributed by atoms with E-state index in [1.165, 1.54) is 48.5 Å². The van der Waals surface area contributed by atoms with Gasteiger partial charge in [-0.1, -0.05) is 10.4 Å². The number of hydrogen-bond acceptors (Lipinski definition) is 14. The number of halogens is 2. The van der Waals surface area contributed by atoms with Gasteiger partial charge < -0.3 is 27.8 Å². The molecule has 0 spiro atoms. The molecular weight excluding hydrogens is 855 g/mol. The zero-order valence-corrected chi connectivity index (χ0v) is 35.9. The Balaban J connectivity index is 0.610. The maximum atomic E-state index is 13.5. The molecular formula is C48H46F2N8O8. The minimum atomic E-state index is -0.486. The standard InChI is InChI=1S/C48H46F2N8O8/c49-35-5-11-45-41(25-35)43(59)27-47(65-45)33-1-7-39(8-2-33)63-23-21-61-19-17-57-31-37(51-53-57)29-55-13-15-56(16-14-55)30-38-32-58(54-52-38)18-20-62-22-24-64-40-9-3-34(4-10-40)48-28-44(60)42-26-36(50)6-12-46(42)66-48/h1-12,25-28,31-32H,13-24,29-30H2. The van der Waals surface area contributed by atoms with E-state index in [0.29, 0.717) is 98.0 Å². The first-order chi connectivity index (χ1) is 32.3. The number of fused-ring (bicyclic) bond motifs is 2. The second kappa shape index (κ2) is 20.8. The van der Waals surface area contributed by atoms with Crippen molar-refractivity contribution in [2.45, 2.75) is 26.2 Å². The number of rotatable bonds is 20. The molecule has 9 rings (SSSR count). The summed E-state index contributed by atoms with van der Waals surface area (Å²) in [5.41, 5.74) is 3.28. The number of piperazine rings is 1. The molecule has 8 aromatic rings. The van der Waals surface area contributed by atoms with Gasteiger partial charge in [0.1, 0.15) is 59.0 Å². The van der Waals surface area contributed by atoms with Crippen LogP contribution in [-0.2, 0) is 35.7 Å². The summed E-state index contributed by atoms with van der Waals surface area (Å²) in [6.45, 7) is 8.65. The minimum absolute atomic E-state index is 0.204. The predicted molar refractivity (Wildman–Crippen MR) is 239 cm³/mol. The molecule has 1 aliphatic rings. The summed E-state index contributed by atoms with van der Waals surface area (Å²) in [7, 11) is 0. The highest BCUT2D eigenvalue weighted by atomic mass is 19.1. The van der Waals surface area contributed by atoms with Crippen LogP contribution in [0.3, 0.4) is 0 Å². The lowest BCUT2D eigenvalue weighted by Crippen LogP contribution is -2.45. The molecule has 66 heavy (non-hydrogen) atoms. The van der Waals surface area contributed by atoms with Crippen molar-refractivity contribution in [1.82, 2.24) is 39.8 Å². The van der Waals surface area contributed by atoms with Crippen LogP contribution in [0.2, 0.25) is 0 Å². The first-order valence-corrected chi connectivity index (χ1v) is 21.6. The van der Waals surface area contributed by atoms with Crippen molar-refractivity contribution in [2.24, 2.45) is 0 Å². The molecule has 4 aromatic carbocycles. The van der Waals surface area contributed by atoms with Crippen molar-refractivity contribution >= 4 is 21.9 Å². The van der Waals surface area contributed by atoms with Crippen LogP contribution in [-0.4, -0.2) is 106 Å². The first kappa shape index (κ1) is 44.1. The lowest BCUT2D eigenvalue weighted by Gasteiger charge is -2.33. The van der Waals surface area contributed by atoms with Gasteiger partial charge >= 0.3 is 0 Å². The van der Waals surface area contributed by atoms with Crippen molar-refractivity contribution in [3.63, 3.8) is 0 Å². The summed E-state index contributed by atoms with van der Waals surface area (Å²) < 4.78 is 65.5. The van der Waals surface area contributed by atoms with Gasteiger partial charge in [0.25, 0.3) is 0 Å². The quantitative estimate of drug-likeness (QED) is 0.0794. The highest BCUT2D eigenvalue weighted by Gasteiger charge is 2.19. The summed E-state index contributed by atoms with van der Waals surface area (Å²) in [6.07, 6.45) is 3.92. The third-order valence-corrected chi connectivity index (χ3v) is 11.0. The smallest absolute Gasteiger partial charge is 0.193 e. The molecule has 18 heteroatoms. The fraction of sp³-hybridized carbons (Fsp3) is 0.292. The van der Waals surface area contributed by atoms with Crippen molar-refractivity contribution in [3.05, 3.63) is 153 Å². The first-order valence-electron chi connectivity index (χ1n) is 21.6. The molecule has 340 valence electrons. The van der Waals surface area contributed by atoms with Crippen LogP contribution < -0.4 is 20.3 Å². The summed E-state index contributed by atoms with van der Waals surface area (Å²) >= 11 is 0. The lowest BCUT2D eigenvalue weighted by molar-refractivity contribution is 0.0923. The average Bonchev–Trinajstić information content (AvgIpc) is 3.98. The lowest BCUT2D eigenvalue weighted by atomic mass is 10.1. The van der Waals surface area contributed by atoms with Crippen molar-refractivity contribution < 1.29 is 36.6 Å². The molecule has 0 saturated carbocycles. The summed E-state index contributed by atoms with van der Waals surface area (Å²) in [4.78, 5) is 29.7. The molecule has 1 fully saturated rings. The summed E-state index contributed by atoms with van der Waals surface area (Å²) in [5.74, 6) is 1.13. The number of ether oxygens (including phenoxy) is 4. The van der Waals surface area contributed by atoms with Gasteiger partial charge in [-0.3, -0.25) is 19.4 Å². The summed E-state index contributed by atoms with van der Waals surface area (Å²) in [6, 6.07) is 24.9. The van der Waals surface area contributed by atoms with E-state index in [0.717, 1.165) is 50.7 Å². The van der Waals surface area contributed by atoms with Crippen LogP contribution >= 0.6 is 0 Å². The molecule has 1 saturated heterocycles. The minimum Gasteiger partial charge on any atom is -0.491 e. The number of hydrogen-bond donors (Lipinski definition) is 0. The SMILES string of the molecule is O=c1cc(-c2ccc(OCCOCCn3cc(CN4CCN(Cc5cn(CCOCCOc6ccc(-c7cc(=O)c8cc(F)ccc8o7)cc6)nn5)CC4)nn3)cc2)oc2ccc(F)cc12. The van der Waals surface area contributed by atoms with Crippen LogP contribution in [0, 0.1) is 11.6 Å². The van der Waals surface area contributed by atoms with E-state index in [4.69, 9.17) is 27.8 Å². The molecule has 5 heterocycles. The average molecular weight is 901 g/mol. The van der Waals surface area contributed by atoms with Gasteiger partial charge in [0.05, 0.1) is 61.7 Å². The highest BCUT2D eigenvalue weighted by Crippen LogP contribution is 2.26. The fourth-order valence-corrected chi connectivity index (χ4v) is 7.53. The van der Waals surface area contributed by atoms with Gasteiger partial charge in [0, 0.05) is 74.9 Å². The Morgan fingerprint density at radius 2 is 0.939 bits per heavy atom. The van der Waals surface area contributed by atoms with Crippen molar-refractivity contribution in [1.29, 1.82) is 0 Å². The fourth-order valence-electron chi connectivity index (χ4n) is 7.53. The van der Waals surface area contributed by atoms with Crippen LogP contribution in [0.4, 0.5) is 8.78 Å². The maximum absolute atomic E-state index is 13.5. The third-order valence-electron chi connectivity index (χ3n) is 11.0. The van der Waals surface area contributed by atoms with Gasteiger partial charge in [-0.25, -0.2) is 18.1 Å². The highest BCUT2D eigenvalue weighted by molar-refractivity contribution is 5.79. The van der Waals surface area contributed by atoms with Crippen LogP contribution in [0.15, 0.2) is 128 Å². The van der Waals surface area contributed by atoms with Gasteiger partial charge in [-0.2, -0.15) is 0 Å². The van der Waals surface area contributed by atoms with E-state index in [9.17, 15) is 18.4 Å². The van der Waals surface area contributed by atoms with E-state index >= 15 is 0 Å². The number of aromatic nitrogens is 6. The number of nitrogens with zero attached hydrogens (tertiary/aromatic N) is 8. The van der Waals surface area contributed by atoms with Crippen molar-refractivity contribution in [3.8, 4) is 34.1 Å². The molecule has 16 nitrogen and oxygen atoms in total. The topological polar surface area (TPSA) is 165 Å². The van der Waals surface area contributed by atoms with E-state index in [-0.39, 0.29) is 21.6 Å². The van der Waals surface area contributed by atoms with Gasteiger partial charge in [-0.15, -0.1) is 10.2 Å². The molecule has 1 aliphatic heterocycles. The Bertz CT molecular complexity index is 2800. The monoisotopic (exact) mass is 900 g/mol. The zero-order valence-electron chi connectivity index (χ0n) is 35.9. The van der Waals surface area contributed by atoms with Crippen LogP contribution in [0.5, 0.6) is 11.5 Å². The molecule has 0 N–H and O–H groups in total. The Labute approximate surface area is 376 Å². The molecule has 0 amide bonds. The normalized spacial score (nSPS) is 13.5. The maximum Gasteiger partial charge on any atom is 0.193 e. The molecule has 0 unspecified atom stereocenters. The Morgan fingerprint density at radius 1 is 0.515 bits per heavy atom. The zero-order chi connectivity index (χ0) is 45.2. The molecule has 4 aromatic heterocycles. The van der Waals surface area contributed by atoms with Crippen LogP contribution in [0.1, 0.15) is 11.4 Å². The summed E-state index contributed by atoms with van der Waals surface area (Å²) in [5, 5.41) is 17.7. The molecule has 0 bridgehead atoms. The van der Waals surface area contributed by atoms with Gasteiger partial charge in [0.15, 0.2) is 10.9 Å². The molecule has 0 atom stereocenters. The predicted octanol–water partition coefficient (Wildman–Crippen LogP) is 6.20. The Hall–Kier alpha value is -7.12. The van der Waals surface area contributed by atoms with Gasteiger partial charge in [-0.05, 0) is 84.9 Å². The third kappa shape index (κ3) is 11.4. The number of benzene rings is 4. The van der Waals surface area contributed by atoms with Gasteiger partial charge in [0.2, 0.25) is 0 Å². The largest absolute Gasteiger partial charge is 0.491 e. The molecule has 0 aliphatic carbocycles.